The van der Waals surface area contributed by atoms with Crippen LogP contribution in [0.1, 0.15) is 17.4 Å². The fourth-order valence-electron chi connectivity index (χ4n) is 1.46. The number of rotatable bonds is 4. The van der Waals surface area contributed by atoms with E-state index in [1.165, 1.54) is 0 Å². The molecule has 1 aromatic heterocycles. The van der Waals surface area contributed by atoms with Crippen molar-refractivity contribution in [3.8, 4) is 11.5 Å². The van der Waals surface area contributed by atoms with Gasteiger partial charge < -0.3 is 9.15 Å². The van der Waals surface area contributed by atoms with E-state index in [4.69, 9.17) is 15.0 Å². The minimum Gasteiger partial charge on any atom is -0.461 e. The van der Waals surface area contributed by atoms with Gasteiger partial charge in [0.25, 0.3) is 0 Å². The van der Waals surface area contributed by atoms with Crippen LogP contribution in [0.15, 0.2) is 34.7 Å². The second-order valence-electron chi connectivity index (χ2n) is 3.43. The van der Waals surface area contributed by atoms with E-state index in [0.717, 1.165) is 5.56 Å². The predicted octanol–water partition coefficient (Wildman–Crippen LogP) is 1.80. The highest BCUT2D eigenvalue weighted by molar-refractivity contribution is 5.92. The number of esters is 1. The molecule has 0 spiro atoms. The highest BCUT2D eigenvalue weighted by Gasteiger charge is 2.21. The number of anilines is 1. The smallest absolute Gasteiger partial charge is 0.362 e. The van der Waals surface area contributed by atoms with Crippen LogP contribution in [0.5, 0.6) is 0 Å². The van der Waals surface area contributed by atoms with E-state index < -0.39 is 5.97 Å². The van der Waals surface area contributed by atoms with Gasteiger partial charge in [-0.05, 0) is 19.1 Å². The molecular weight excluding hydrogens is 234 g/mol. The first kappa shape index (κ1) is 12.1. The molecule has 2 aromatic rings. The number of nitrogen functional groups attached to an aromatic ring is 1. The van der Waals surface area contributed by atoms with Crippen LogP contribution < -0.4 is 11.3 Å². The average Bonchev–Trinajstić information content (AvgIpc) is 2.84. The number of hydrogen-bond donors (Lipinski definition) is 2. The first-order valence-electron chi connectivity index (χ1n) is 5.46. The quantitative estimate of drug-likeness (QED) is 0.486. The van der Waals surface area contributed by atoms with Gasteiger partial charge in [-0.1, -0.05) is 18.2 Å². The van der Waals surface area contributed by atoms with Crippen LogP contribution in [-0.4, -0.2) is 17.6 Å². The van der Waals surface area contributed by atoms with Crippen LogP contribution >= 0.6 is 0 Å². The average molecular weight is 247 g/mol. The molecule has 6 nitrogen and oxygen atoms in total. The van der Waals surface area contributed by atoms with Crippen LogP contribution in [0.2, 0.25) is 0 Å². The number of nitrogens with two attached hydrogens (primary N) is 1. The minimum atomic E-state index is -0.573. The van der Waals surface area contributed by atoms with Crippen molar-refractivity contribution in [2.24, 2.45) is 5.84 Å². The van der Waals surface area contributed by atoms with E-state index in [1.54, 1.807) is 6.92 Å². The number of oxazole rings is 1. The standard InChI is InChI=1S/C12H13N3O3/c1-2-17-12(16)9-11(15-13)18-10(14-9)8-6-4-3-5-7-8/h3-7,15H,2,13H2,1H3. The van der Waals surface area contributed by atoms with Crippen molar-refractivity contribution < 1.29 is 13.9 Å². The zero-order valence-electron chi connectivity index (χ0n) is 9.84. The summed E-state index contributed by atoms with van der Waals surface area (Å²) in [5.74, 6) is 5.11. The van der Waals surface area contributed by atoms with Gasteiger partial charge in [0.05, 0.1) is 6.61 Å². The first-order valence-corrected chi connectivity index (χ1v) is 5.46. The molecule has 1 aromatic carbocycles. The maximum atomic E-state index is 11.6. The number of aromatic nitrogens is 1. The van der Waals surface area contributed by atoms with E-state index in [2.05, 4.69) is 10.4 Å². The molecule has 2 rings (SSSR count). The van der Waals surface area contributed by atoms with Gasteiger partial charge in [-0.25, -0.2) is 10.6 Å². The Kier molecular flexibility index (Phi) is 3.59. The molecule has 0 amide bonds. The Morgan fingerprint density at radius 1 is 1.44 bits per heavy atom. The monoisotopic (exact) mass is 247 g/mol. The SMILES string of the molecule is CCOC(=O)c1nc(-c2ccccc2)oc1NN. The molecule has 3 N–H and O–H groups in total. The van der Waals surface area contributed by atoms with Crippen molar-refractivity contribution in [3.05, 3.63) is 36.0 Å². The summed E-state index contributed by atoms with van der Waals surface area (Å²) in [7, 11) is 0. The third kappa shape index (κ3) is 2.33. The van der Waals surface area contributed by atoms with Crippen LogP contribution in [-0.2, 0) is 4.74 Å². The summed E-state index contributed by atoms with van der Waals surface area (Å²) in [5, 5.41) is 0. The van der Waals surface area contributed by atoms with Gasteiger partial charge in [0, 0.05) is 5.56 Å². The summed E-state index contributed by atoms with van der Waals surface area (Å²) in [6.07, 6.45) is 0. The fraction of sp³-hybridized carbons (Fsp3) is 0.167. The lowest BCUT2D eigenvalue weighted by atomic mass is 10.2. The molecular formula is C12H13N3O3. The van der Waals surface area contributed by atoms with E-state index in [1.807, 2.05) is 30.3 Å². The molecule has 0 bridgehead atoms. The summed E-state index contributed by atoms with van der Waals surface area (Å²) in [5.41, 5.74) is 3.09. The molecule has 0 fully saturated rings. The summed E-state index contributed by atoms with van der Waals surface area (Å²) < 4.78 is 10.2. The maximum absolute atomic E-state index is 11.6. The highest BCUT2D eigenvalue weighted by Crippen LogP contribution is 2.25. The van der Waals surface area contributed by atoms with Crippen molar-refractivity contribution in [1.29, 1.82) is 0 Å². The number of hydrogen-bond acceptors (Lipinski definition) is 6. The maximum Gasteiger partial charge on any atom is 0.362 e. The summed E-state index contributed by atoms with van der Waals surface area (Å²) >= 11 is 0. The molecule has 18 heavy (non-hydrogen) atoms. The Hall–Kier alpha value is -2.34. The van der Waals surface area contributed by atoms with Crippen molar-refractivity contribution in [3.63, 3.8) is 0 Å². The molecule has 0 atom stereocenters. The molecule has 0 saturated heterocycles. The Balaban J connectivity index is 2.38. The van der Waals surface area contributed by atoms with Crippen LogP contribution in [0.3, 0.4) is 0 Å². The third-order valence-electron chi connectivity index (χ3n) is 2.25. The third-order valence-corrected chi connectivity index (χ3v) is 2.25. The molecule has 0 saturated carbocycles. The Morgan fingerprint density at radius 2 is 2.17 bits per heavy atom. The minimum absolute atomic E-state index is 0.0400. The number of nitrogens with one attached hydrogen (secondary N) is 1. The van der Waals surface area contributed by atoms with Gasteiger partial charge in [-0.3, -0.25) is 5.43 Å². The zero-order chi connectivity index (χ0) is 13.0. The fourth-order valence-corrected chi connectivity index (χ4v) is 1.46. The molecule has 0 aliphatic carbocycles. The van der Waals surface area contributed by atoms with Gasteiger partial charge >= 0.3 is 5.97 Å². The number of carbonyl (C=O) groups excluding carboxylic acids is 1. The van der Waals surface area contributed by atoms with Gasteiger partial charge in [0.2, 0.25) is 17.5 Å². The lowest BCUT2D eigenvalue weighted by Gasteiger charge is -1.98. The highest BCUT2D eigenvalue weighted by atomic mass is 16.5. The van der Waals surface area contributed by atoms with Gasteiger partial charge in [0.15, 0.2) is 0 Å². The molecule has 0 radical (unpaired) electrons. The number of nitrogens with zero attached hydrogens (tertiary/aromatic N) is 1. The Morgan fingerprint density at radius 3 is 2.78 bits per heavy atom. The van der Waals surface area contributed by atoms with Crippen molar-refractivity contribution in [1.82, 2.24) is 4.98 Å². The predicted molar refractivity (Wildman–Crippen MR) is 65.7 cm³/mol. The number of hydrazine groups is 1. The van der Waals surface area contributed by atoms with E-state index >= 15 is 0 Å². The lowest BCUT2D eigenvalue weighted by molar-refractivity contribution is 0.0521. The molecule has 0 unspecified atom stereocenters. The molecule has 0 aliphatic rings. The first-order chi connectivity index (χ1) is 8.76. The topological polar surface area (TPSA) is 90.4 Å². The molecule has 6 heteroatoms. The van der Waals surface area contributed by atoms with E-state index in [9.17, 15) is 4.79 Å². The van der Waals surface area contributed by atoms with E-state index in [-0.39, 0.29) is 18.2 Å². The molecule has 0 aliphatic heterocycles. The Bertz CT molecular complexity index is 537. The number of ether oxygens (including phenoxy) is 1. The Labute approximate surface area is 104 Å². The summed E-state index contributed by atoms with van der Waals surface area (Å²) in [6.45, 7) is 1.97. The van der Waals surface area contributed by atoms with E-state index in [0.29, 0.717) is 5.89 Å². The summed E-state index contributed by atoms with van der Waals surface area (Å²) in [6, 6.07) is 9.21. The largest absolute Gasteiger partial charge is 0.461 e. The van der Waals surface area contributed by atoms with Crippen molar-refractivity contribution >= 4 is 11.9 Å². The zero-order valence-corrected chi connectivity index (χ0v) is 9.84. The second-order valence-corrected chi connectivity index (χ2v) is 3.43. The van der Waals surface area contributed by atoms with Crippen LogP contribution in [0.4, 0.5) is 5.88 Å². The van der Waals surface area contributed by atoms with Crippen LogP contribution in [0, 0.1) is 0 Å². The summed E-state index contributed by atoms with van der Waals surface area (Å²) in [4.78, 5) is 15.7. The lowest BCUT2D eigenvalue weighted by Crippen LogP contribution is -2.12. The van der Waals surface area contributed by atoms with Gasteiger partial charge in [-0.15, -0.1) is 0 Å². The molecule has 94 valence electrons. The van der Waals surface area contributed by atoms with Gasteiger partial charge in [0.1, 0.15) is 0 Å². The van der Waals surface area contributed by atoms with Crippen molar-refractivity contribution in [2.45, 2.75) is 6.92 Å². The van der Waals surface area contributed by atoms with Gasteiger partial charge in [-0.2, -0.15) is 4.98 Å². The number of carbonyl (C=O) groups is 1. The molecule has 1 heterocycles. The van der Waals surface area contributed by atoms with Crippen LogP contribution in [0.25, 0.3) is 11.5 Å². The van der Waals surface area contributed by atoms with Crippen molar-refractivity contribution in [2.75, 3.05) is 12.0 Å². The normalized spacial score (nSPS) is 10.1. The second kappa shape index (κ2) is 5.33. The number of benzene rings is 1.